The Hall–Kier alpha value is -1.53. The highest BCUT2D eigenvalue weighted by Gasteiger charge is 2.48. The monoisotopic (exact) mass is 326 g/mol. The van der Waals surface area contributed by atoms with Gasteiger partial charge >= 0.3 is 0 Å². The van der Waals surface area contributed by atoms with E-state index in [0.717, 1.165) is 12.0 Å². The van der Waals surface area contributed by atoms with Gasteiger partial charge in [0.15, 0.2) is 0 Å². The molecular formula is C17H24F2N2O2. The normalized spacial score (nSPS) is 28.0. The molecule has 23 heavy (non-hydrogen) atoms. The van der Waals surface area contributed by atoms with E-state index in [9.17, 15) is 18.7 Å². The third-order valence-electron chi connectivity index (χ3n) is 4.50. The Balaban J connectivity index is 2.00. The number of carbonyl (C=O) groups is 1. The van der Waals surface area contributed by atoms with Crippen LogP contribution in [-0.2, 0) is 11.2 Å². The number of nitrogens with zero attached hydrogens (tertiary/aromatic N) is 1. The first-order chi connectivity index (χ1) is 11.1. The lowest BCUT2D eigenvalue weighted by Gasteiger charge is -2.28. The van der Waals surface area contributed by atoms with Crippen molar-refractivity contribution in [2.45, 2.75) is 43.6 Å². The summed E-state index contributed by atoms with van der Waals surface area (Å²) in [6, 6.07) is 8.19. The van der Waals surface area contributed by atoms with Gasteiger partial charge in [0, 0.05) is 13.5 Å². The molecule has 0 spiro atoms. The van der Waals surface area contributed by atoms with Crippen molar-refractivity contribution in [3.8, 4) is 0 Å². The smallest absolute Gasteiger partial charge is 0.221 e. The summed E-state index contributed by atoms with van der Waals surface area (Å²) in [6.45, 7) is -0.375. The Labute approximate surface area is 135 Å². The van der Waals surface area contributed by atoms with Crippen LogP contribution in [0, 0.1) is 0 Å². The minimum atomic E-state index is -1.61. The van der Waals surface area contributed by atoms with Gasteiger partial charge in [-0.25, -0.2) is 8.78 Å². The molecular weight excluding hydrogens is 302 g/mol. The Bertz CT molecular complexity index is 501. The standard InChI is InChI=1S/C17H24F2N2O2/c1-20-15(22)10-13-16(19)17(23)14(11-18)21(13)9-5-8-12-6-3-2-4-7-12/h2-4,6-7,13-14,16-17,23H,5,8-11H2,1H3,(H,20,22)/t13?,14-,16-,17-/m1/s1. The van der Waals surface area contributed by atoms with Gasteiger partial charge < -0.3 is 10.4 Å². The van der Waals surface area contributed by atoms with Crippen molar-refractivity contribution in [2.75, 3.05) is 20.3 Å². The van der Waals surface area contributed by atoms with E-state index in [0.29, 0.717) is 13.0 Å². The predicted molar refractivity (Wildman–Crippen MR) is 84.6 cm³/mol. The van der Waals surface area contributed by atoms with Crippen LogP contribution in [0.3, 0.4) is 0 Å². The average molecular weight is 326 g/mol. The fraction of sp³-hybridized carbons (Fsp3) is 0.588. The van der Waals surface area contributed by atoms with E-state index in [1.165, 1.54) is 7.05 Å². The van der Waals surface area contributed by atoms with Crippen molar-refractivity contribution >= 4 is 5.91 Å². The minimum Gasteiger partial charge on any atom is -0.388 e. The van der Waals surface area contributed by atoms with Crippen molar-refractivity contribution in [1.82, 2.24) is 10.2 Å². The molecule has 1 unspecified atom stereocenters. The number of nitrogens with one attached hydrogen (secondary N) is 1. The summed E-state index contributed by atoms with van der Waals surface area (Å²) in [6.07, 6.45) is -1.56. The first kappa shape index (κ1) is 17.8. The van der Waals surface area contributed by atoms with Crippen LogP contribution >= 0.6 is 0 Å². The minimum absolute atomic E-state index is 0.0729. The van der Waals surface area contributed by atoms with Gasteiger partial charge in [0.05, 0.1) is 12.1 Å². The Morgan fingerprint density at radius 1 is 1.30 bits per heavy atom. The topological polar surface area (TPSA) is 52.6 Å². The number of hydrogen-bond donors (Lipinski definition) is 2. The van der Waals surface area contributed by atoms with Crippen LogP contribution in [0.25, 0.3) is 0 Å². The maximum atomic E-state index is 14.3. The molecule has 1 fully saturated rings. The van der Waals surface area contributed by atoms with E-state index in [2.05, 4.69) is 5.32 Å². The molecule has 1 aromatic rings. The lowest BCUT2D eigenvalue weighted by atomic mass is 10.1. The Morgan fingerprint density at radius 3 is 2.61 bits per heavy atom. The molecule has 0 saturated carbocycles. The van der Waals surface area contributed by atoms with Crippen molar-refractivity contribution < 1.29 is 18.7 Å². The van der Waals surface area contributed by atoms with E-state index in [1.54, 1.807) is 4.90 Å². The quantitative estimate of drug-likeness (QED) is 0.798. The molecule has 2 rings (SSSR count). The molecule has 0 bridgehead atoms. The number of hydrogen-bond acceptors (Lipinski definition) is 3. The van der Waals surface area contributed by atoms with Crippen LogP contribution in [-0.4, -0.2) is 60.5 Å². The van der Waals surface area contributed by atoms with Crippen LogP contribution in [0.15, 0.2) is 30.3 Å². The molecule has 1 aliphatic heterocycles. The molecule has 0 radical (unpaired) electrons. The molecule has 1 amide bonds. The average Bonchev–Trinajstić information content (AvgIpc) is 2.80. The highest BCUT2D eigenvalue weighted by molar-refractivity contribution is 5.76. The number of likely N-dealkylation sites (tertiary alicyclic amines) is 1. The van der Waals surface area contributed by atoms with Crippen LogP contribution in [0.4, 0.5) is 8.78 Å². The second-order valence-corrected chi connectivity index (χ2v) is 5.93. The third-order valence-corrected chi connectivity index (χ3v) is 4.50. The summed E-state index contributed by atoms with van der Waals surface area (Å²) in [5.41, 5.74) is 1.16. The molecule has 2 N–H and O–H groups in total. The van der Waals surface area contributed by atoms with Gasteiger partial charge in [-0.2, -0.15) is 0 Å². The number of carbonyl (C=O) groups excluding carboxylic acids is 1. The van der Waals surface area contributed by atoms with Crippen molar-refractivity contribution in [3.05, 3.63) is 35.9 Å². The van der Waals surface area contributed by atoms with Gasteiger partial charge in [-0.15, -0.1) is 0 Å². The highest BCUT2D eigenvalue weighted by Crippen LogP contribution is 2.30. The molecule has 6 heteroatoms. The molecule has 1 saturated heterocycles. The van der Waals surface area contributed by atoms with E-state index >= 15 is 0 Å². The molecule has 0 aliphatic carbocycles. The van der Waals surface area contributed by atoms with Gasteiger partial charge in [0.25, 0.3) is 0 Å². The lowest BCUT2D eigenvalue weighted by Crippen LogP contribution is -2.43. The first-order valence-corrected chi connectivity index (χ1v) is 7.96. The number of halogens is 2. The SMILES string of the molecule is CNC(=O)CC1[C@@H](F)[C@H](O)[C@@H](CF)N1CCCc1ccccc1. The summed E-state index contributed by atoms with van der Waals surface area (Å²) in [5, 5.41) is 12.4. The van der Waals surface area contributed by atoms with Gasteiger partial charge in [0.1, 0.15) is 19.0 Å². The maximum absolute atomic E-state index is 14.3. The number of alkyl halides is 2. The largest absolute Gasteiger partial charge is 0.388 e. The Kier molecular flexibility index (Phi) is 6.47. The number of benzene rings is 1. The maximum Gasteiger partial charge on any atom is 0.221 e. The van der Waals surface area contributed by atoms with Crippen molar-refractivity contribution in [3.63, 3.8) is 0 Å². The molecule has 1 aliphatic rings. The van der Waals surface area contributed by atoms with E-state index in [-0.39, 0.29) is 12.3 Å². The van der Waals surface area contributed by atoms with Gasteiger partial charge in [-0.05, 0) is 24.9 Å². The van der Waals surface area contributed by atoms with Crippen LogP contribution in [0.2, 0.25) is 0 Å². The summed E-state index contributed by atoms with van der Waals surface area (Å²) in [7, 11) is 1.48. The zero-order valence-electron chi connectivity index (χ0n) is 13.3. The van der Waals surface area contributed by atoms with Crippen molar-refractivity contribution in [1.29, 1.82) is 0 Å². The Morgan fingerprint density at radius 2 is 2.00 bits per heavy atom. The number of amides is 1. The van der Waals surface area contributed by atoms with E-state index in [1.807, 2.05) is 30.3 Å². The van der Waals surface area contributed by atoms with Gasteiger partial charge in [-0.1, -0.05) is 30.3 Å². The number of aryl methyl sites for hydroxylation is 1. The summed E-state index contributed by atoms with van der Waals surface area (Å²) in [4.78, 5) is 13.2. The lowest BCUT2D eigenvalue weighted by molar-refractivity contribution is -0.122. The molecule has 4 atom stereocenters. The van der Waals surface area contributed by atoms with E-state index in [4.69, 9.17) is 0 Å². The second kappa shape index (κ2) is 8.36. The fourth-order valence-electron chi connectivity index (χ4n) is 3.21. The molecule has 1 aromatic carbocycles. The van der Waals surface area contributed by atoms with Crippen LogP contribution in [0.1, 0.15) is 18.4 Å². The summed E-state index contributed by atoms with van der Waals surface area (Å²) >= 11 is 0. The molecule has 4 nitrogen and oxygen atoms in total. The van der Waals surface area contributed by atoms with Crippen molar-refractivity contribution in [2.24, 2.45) is 0 Å². The molecule has 1 heterocycles. The zero-order valence-corrected chi connectivity index (χ0v) is 13.3. The number of aliphatic hydroxyl groups is 1. The number of rotatable bonds is 7. The number of aliphatic hydroxyl groups excluding tert-OH is 1. The summed E-state index contributed by atoms with van der Waals surface area (Å²) in [5.74, 6) is -0.308. The predicted octanol–water partition coefficient (Wildman–Crippen LogP) is 1.48. The first-order valence-electron chi connectivity index (χ1n) is 7.96. The van der Waals surface area contributed by atoms with Gasteiger partial charge in [-0.3, -0.25) is 9.69 Å². The molecule has 0 aromatic heterocycles. The van der Waals surface area contributed by atoms with Gasteiger partial charge in [0.2, 0.25) is 5.91 Å². The zero-order chi connectivity index (χ0) is 16.8. The summed E-state index contributed by atoms with van der Waals surface area (Å²) < 4.78 is 27.5. The third kappa shape index (κ3) is 4.26. The second-order valence-electron chi connectivity index (χ2n) is 5.93. The van der Waals surface area contributed by atoms with Crippen LogP contribution in [0.5, 0.6) is 0 Å². The van der Waals surface area contributed by atoms with Crippen LogP contribution < -0.4 is 5.32 Å². The molecule has 128 valence electrons. The van der Waals surface area contributed by atoms with E-state index < -0.39 is 31.0 Å². The highest BCUT2D eigenvalue weighted by atomic mass is 19.1. The fourth-order valence-corrected chi connectivity index (χ4v) is 3.21.